The molecular formula is C9H10N4O2S. The van der Waals surface area contributed by atoms with E-state index in [1.54, 1.807) is 6.07 Å². The fraction of sp³-hybridized carbons (Fsp3) is 0.444. The molecule has 2 N–H and O–H groups in total. The van der Waals surface area contributed by atoms with Gasteiger partial charge in [0, 0.05) is 12.2 Å². The van der Waals surface area contributed by atoms with Crippen LogP contribution in [0.2, 0.25) is 0 Å². The first-order valence-electron chi connectivity index (χ1n) is 4.71. The van der Waals surface area contributed by atoms with Crippen LogP contribution < -0.4 is 5.73 Å². The van der Waals surface area contributed by atoms with Gasteiger partial charge in [-0.3, -0.25) is 0 Å². The molecule has 0 amide bonds. The van der Waals surface area contributed by atoms with Crippen molar-refractivity contribution < 1.29 is 8.42 Å². The zero-order chi connectivity index (χ0) is 11.9. The zero-order valence-corrected chi connectivity index (χ0v) is 9.45. The van der Waals surface area contributed by atoms with E-state index in [0.29, 0.717) is 5.82 Å². The van der Waals surface area contributed by atoms with Crippen LogP contribution in [0.5, 0.6) is 0 Å². The van der Waals surface area contributed by atoms with Crippen LogP contribution in [0.15, 0.2) is 5.03 Å². The number of nitrogens with zero attached hydrogens (tertiary/aromatic N) is 3. The molecule has 7 heteroatoms. The van der Waals surface area contributed by atoms with E-state index < -0.39 is 9.84 Å². The molecule has 0 unspecified atom stereocenters. The second-order valence-electron chi connectivity index (χ2n) is 3.81. The molecule has 1 aromatic rings. The summed E-state index contributed by atoms with van der Waals surface area (Å²) in [6.07, 6.45) is 2.88. The van der Waals surface area contributed by atoms with Crippen molar-refractivity contribution in [2.75, 3.05) is 12.0 Å². The molecule has 0 saturated heterocycles. The molecule has 1 fully saturated rings. The lowest BCUT2D eigenvalue weighted by Gasteiger charge is -2.05. The van der Waals surface area contributed by atoms with Crippen LogP contribution in [0.3, 0.4) is 0 Å². The summed E-state index contributed by atoms with van der Waals surface area (Å²) in [4.78, 5) is 7.90. The van der Waals surface area contributed by atoms with Gasteiger partial charge in [-0.2, -0.15) is 5.26 Å². The fourth-order valence-electron chi connectivity index (χ4n) is 1.37. The third kappa shape index (κ3) is 1.84. The van der Waals surface area contributed by atoms with Crippen molar-refractivity contribution in [1.29, 1.82) is 5.26 Å². The molecule has 0 aliphatic heterocycles. The van der Waals surface area contributed by atoms with Crippen LogP contribution in [-0.4, -0.2) is 24.6 Å². The molecule has 0 spiro atoms. The second kappa shape index (κ2) is 3.42. The quantitative estimate of drug-likeness (QED) is 0.737. The smallest absolute Gasteiger partial charge is 0.194 e. The van der Waals surface area contributed by atoms with Gasteiger partial charge in [0.15, 0.2) is 14.9 Å². The van der Waals surface area contributed by atoms with Crippen molar-refractivity contribution in [2.24, 2.45) is 0 Å². The van der Waals surface area contributed by atoms with E-state index in [2.05, 4.69) is 9.97 Å². The highest BCUT2D eigenvalue weighted by molar-refractivity contribution is 7.90. The van der Waals surface area contributed by atoms with Gasteiger partial charge in [-0.1, -0.05) is 0 Å². The van der Waals surface area contributed by atoms with E-state index in [9.17, 15) is 8.42 Å². The zero-order valence-electron chi connectivity index (χ0n) is 8.64. The van der Waals surface area contributed by atoms with E-state index in [4.69, 9.17) is 11.0 Å². The molecule has 1 heterocycles. The number of nitrogen functional groups attached to an aromatic ring is 1. The van der Waals surface area contributed by atoms with E-state index in [-0.39, 0.29) is 22.3 Å². The molecule has 16 heavy (non-hydrogen) atoms. The minimum Gasteiger partial charge on any atom is -0.382 e. The van der Waals surface area contributed by atoms with E-state index in [1.807, 2.05) is 0 Å². The highest BCUT2D eigenvalue weighted by atomic mass is 32.2. The molecule has 1 aliphatic carbocycles. The molecule has 6 nitrogen and oxygen atoms in total. The number of nitriles is 1. The Balaban J connectivity index is 2.69. The van der Waals surface area contributed by atoms with Gasteiger partial charge in [0.05, 0.1) is 0 Å². The maximum atomic E-state index is 11.5. The van der Waals surface area contributed by atoms with Crippen LogP contribution in [0.25, 0.3) is 0 Å². The number of hydrogen-bond acceptors (Lipinski definition) is 6. The summed E-state index contributed by atoms with van der Waals surface area (Å²) in [6, 6.07) is 1.73. The van der Waals surface area contributed by atoms with Crippen molar-refractivity contribution in [2.45, 2.75) is 23.8 Å². The van der Waals surface area contributed by atoms with Crippen molar-refractivity contribution in [3.63, 3.8) is 0 Å². The molecule has 0 aromatic carbocycles. The van der Waals surface area contributed by atoms with Crippen molar-refractivity contribution >= 4 is 15.7 Å². The van der Waals surface area contributed by atoms with E-state index >= 15 is 0 Å². The standard InChI is InChI=1S/C9H10N4O2S/c1-16(14,15)9-6(4-10)7(11)12-8(13-9)5-2-3-5/h5H,2-3H2,1H3,(H2,11,12,13). The Morgan fingerprint density at radius 2 is 2.06 bits per heavy atom. The lowest BCUT2D eigenvalue weighted by Crippen LogP contribution is -2.11. The molecule has 1 aromatic heterocycles. The Hall–Kier alpha value is -1.68. The summed E-state index contributed by atoms with van der Waals surface area (Å²) in [7, 11) is -3.55. The predicted molar refractivity (Wildman–Crippen MR) is 56.2 cm³/mol. The number of aromatic nitrogens is 2. The third-order valence-electron chi connectivity index (χ3n) is 2.33. The Labute approximate surface area is 93.0 Å². The van der Waals surface area contributed by atoms with Crippen LogP contribution in [0.1, 0.15) is 30.1 Å². The Kier molecular flexibility index (Phi) is 2.31. The normalized spacial score (nSPS) is 15.8. The molecule has 1 saturated carbocycles. The number of sulfone groups is 1. The molecular weight excluding hydrogens is 228 g/mol. The SMILES string of the molecule is CS(=O)(=O)c1nc(C2CC2)nc(N)c1C#N. The molecule has 84 valence electrons. The summed E-state index contributed by atoms with van der Waals surface area (Å²) in [6.45, 7) is 0. The summed E-state index contributed by atoms with van der Waals surface area (Å²) < 4.78 is 22.9. The summed E-state index contributed by atoms with van der Waals surface area (Å²) in [5, 5.41) is 8.57. The maximum absolute atomic E-state index is 11.5. The first kappa shape index (κ1) is 10.8. The number of anilines is 1. The molecule has 0 atom stereocenters. The minimum absolute atomic E-state index is 0.0557. The fourth-order valence-corrected chi connectivity index (χ4v) is 2.15. The van der Waals surface area contributed by atoms with Crippen LogP contribution in [0.4, 0.5) is 5.82 Å². The second-order valence-corrected chi connectivity index (χ2v) is 5.74. The van der Waals surface area contributed by atoms with Crippen molar-refractivity contribution in [3.05, 3.63) is 11.4 Å². The monoisotopic (exact) mass is 238 g/mol. The third-order valence-corrected chi connectivity index (χ3v) is 3.32. The Morgan fingerprint density at radius 1 is 1.44 bits per heavy atom. The van der Waals surface area contributed by atoms with Gasteiger partial charge in [0.25, 0.3) is 0 Å². The summed E-state index contributed by atoms with van der Waals surface area (Å²) in [5.74, 6) is 0.562. The topological polar surface area (TPSA) is 110 Å². The van der Waals surface area contributed by atoms with Gasteiger partial charge in [-0.15, -0.1) is 0 Å². The maximum Gasteiger partial charge on any atom is 0.194 e. The highest BCUT2D eigenvalue weighted by Gasteiger charge is 2.30. The van der Waals surface area contributed by atoms with Gasteiger partial charge in [-0.25, -0.2) is 18.4 Å². The number of hydrogen-bond donors (Lipinski definition) is 1. The average molecular weight is 238 g/mol. The Morgan fingerprint density at radius 3 is 2.50 bits per heavy atom. The number of rotatable bonds is 2. The van der Waals surface area contributed by atoms with E-state index in [1.165, 1.54) is 0 Å². The van der Waals surface area contributed by atoms with Crippen LogP contribution in [-0.2, 0) is 9.84 Å². The van der Waals surface area contributed by atoms with Crippen LogP contribution in [0, 0.1) is 11.3 Å². The molecule has 0 bridgehead atoms. The van der Waals surface area contributed by atoms with Gasteiger partial charge < -0.3 is 5.73 Å². The lowest BCUT2D eigenvalue weighted by molar-refractivity contribution is 0.596. The van der Waals surface area contributed by atoms with Crippen LogP contribution >= 0.6 is 0 Å². The minimum atomic E-state index is -3.55. The van der Waals surface area contributed by atoms with Gasteiger partial charge in [0.1, 0.15) is 23.3 Å². The molecule has 2 rings (SSSR count). The predicted octanol–water partition coefficient (Wildman–Crippen LogP) is 0.211. The first-order valence-corrected chi connectivity index (χ1v) is 6.60. The summed E-state index contributed by atoms with van der Waals surface area (Å²) in [5.41, 5.74) is 5.40. The first-order chi connectivity index (χ1) is 7.43. The van der Waals surface area contributed by atoms with Crippen molar-refractivity contribution in [3.8, 4) is 6.07 Å². The largest absolute Gasteiger partial charge is 0.382 e. The molecule has 1 aliphatic rings. The summed E-state index contributed by atoms with van der Waals surface area (Å²) >= 11 is 0. The van der Waals surface area contributed by atoms with Gasteiger partial charge in [0.2, 0.25) is 0 Å². The van der Waals surface area contributed by atoms with Crippen molar-refractivity contribution in [1.82, 2.24) is 9.97 Å². The van der Waals surface area contributed by atoms with Gasteiger partial charge >= 0.3 is 0 Å². The highest BCUT2D eigenvalue weighted by Crippen LogP contribution is 2.39. The average Bonchev–Trinajstić information content (AvgIpc) is 2.98. The lowest BCUT2D eigenvalue weighted by atomic mass is 10.3. The van der Waals surface area contributed by atoms with E-state index in [0.717, 1.165) is 19.1 Å². The van der Waals surface area contributed by atoms with Gasteiger partial charge in [-0.05, 0) is 12.8 Å². The Bertz CT molecular complexity index is 584. The molecule has 0 radical (unpaired) electrons. The number of nitrogens with two attached hydrogens (primary N) is 1.